The number of oxazole rings is 1. The lowest BCUT2D eigenvalue weighted by Gasteiger charge is -2.09. The van der Waals surface area contributed by atoms with Crippen molar-refractivity contribution < 1.29 is 13.9 Å². The highest BCUT2D eigenvalue weighted by molar-refractivity contribution is 5.92. The van der Waals surface area contributed by atoms with E-state index in [0.717, 1.165) is 11.1 Å². The van der Waals surface area contributed by atoms with Crippen LogP contribution >= 0.6 is 0 Å². The molecule has 1 heterocycles. The third-order valence-electron chi connectivity index (χ3n) is 4.38. The van der Waals surface area contributed by atoms with Gasteiger partial charge in [0.05, 0.1) is 11.6 Å². The molecule has 0 aliphatic heterocycles. The number of amides is 1. The third kappa shape index (κ3) is 4.09. The first kappa shape index (κ1) is 18.3. The van der Waals surface area contributed by atoms with Crippen LogP contribution in [0.25, 0.3) is 22.6 Å². The second-order valence-corrected chi connectivity index (χ2v) is 6.49. The normalized spacial score (nSPS) is 10.5. The zero-order chi connectivity index (χ0) is 20.2. The quantitative estimate of drug-likeness (QED) is 0.540. The smallest absolute Gasteiger partial charge is 0.262 e. The van der Waals surface area contributed by atoms with Crippen LogP contribution in [-0.2, 0) is 4.79 Å². The molecule has 0 bridgehead atoms. The van der Waals surface area contributed by atoms with Crippen LogP contribution in [0.5, 0.6) is 5.75 Å². The van der Waals surface area contributed by atoms with E-state index in [1.807, 2.05) is 43.3 Å². The van der Waals surface area contributed by atoms with E-state index >= 15 is 0 Å². The molecule has 0 saturated heterocycles. The molecule has 0 saturated carbocycles. The molecule has 1 aromatic heterocycles. The predicted octanol–water partition coefficient (Wildman–Crippen LogP) is 4.69. The Morgan fingerprint density at radius 2 is 1.93 bits per heavy atom. The maximum absolute atomic E-state index is 12.1. The van der Waals surface area contributed by atoms with E-state index in [1.54, 1.807) is 30.3 Å². The van der Waals surface area contributed by atoms with Gasteiger partial charge in [-0.3, -0.25) is 4.79 Å². The number of fused-ring (bicyclic) bond motifs is 1. The molecular formula is C23H17N3O3. The minimum atomic E-state index is -0.244. The number of aryl methyl sites for hydroxylation is 1. The first-order valence-corrected chi connectivity index (χ1v) is 9.02. The Morgan fingerprint density at radius 1 is 1.14 bits per heavy atom. The van der Waals surface area contributed by atoms with Gasteiger partial charge in [-0.2, -0.15) is 5.26 Å². The number of rotatable bonds is 5. The number of nitrogens with one attached hydrogen (secondary N) is 1. The van der Waals surface area contributed by atoms with Gasteiger partial charge in [0.2, 0.25) is 5.89 Å². The summed E-state index contributed by atoms with van der Waals surface area (Å²) in [5.74, 6) is 0.899. The molecule has 0 aliphatic rings. The van der Waals surface area contributed by atoms with Crippen LogP contribution in [0.15, 0.2) is 71.1 Å². The Hall–Kier alpha value is -4.11. The van der Waals surface area contributed by atoms with Crippen molar-refractivity contribution in [1.29, 1.82) is 5.26 Å². The second kappa shape index (κ2) is 7.87. The van der Waals surface area contributed by atoms with E-state index in [4.69, 9.17) is 14.4 Å². The first-order valence-electron chi connectivity index (χ1n) is 9.02. The lowest BCUT2D eigenvalue weighted by atomic mass is 10.2. The summed E-state index contributed by atoms with van der Waals surface area (Å²) in [7, 11) is 0. The van der Waals surface area contributed by atoms with Crippen LogP contribution in [0, 0.1) is 18.3 Å². The summed E-state index contributed by atoms with van der Waals surface area (Å²) in [5, 5.41) is 11.8. The van der Waals surface area contributed by atoms with Crippen LogP contribution in [-0.4, -0.2) is 17.5 Å². The van der Waals surface area contributed by atoms with Gasteiger partial charge in [-0.25, -0.2) is 4.98 Å². The largest absolute Gasteiger partial charge is 0.483 e. The molecule has 6 nitrogen and oxygen atoms in total. The van der Waals surface area contributed by atoms with Gasteiger partial charge < -0.3 is 14.5 Å². The fraction of sp³-hybridized carbons (Fsp3) is 0.0870. The van der Waals surface area contributed by atoms with Crippen molar-refractivity contribution in [2.45, 2.75) is 6.92 Å². The Morgan fingerprint density at radius 3 is 2.69 bits per heavy atom. The SMILES string of the molecule is Cc1ccccc1OCC(=O)Nc1ccc(-c2nc3cc(C#N)ccc3o2)cc1. The molecule has 0 radical (unpaired) electrons. The van der Waals surface area contributed by atoms with Crippen LogP contribution in [0.1, 0.15) is 11.1 Å². The summed E-state index contributed by atoms with van der Waals surface area (Å²) in [5.41, 5.74) is 4.17. The lowest BCUT2D eigenvalue weighted by molar-refractivity contribution is -0.118. The zero-order valence-electron chi connectivity index (χ0n) is 15.7. The Bertz CT molecular complexity index is 1220. The molecule has 4 aromatic rings. The number of carbonyl (C=O) groups is 1. The van der Waals surface area contributed by atoms with E-state index in [9.17, 15) is 4.79 Å². The summed E-state index contributed by atoms with van der Waals surface area (Å²) in [6.45, 7) is 1.86. The molecule has 0 unspecified atom stereocenters. The van der Waals surface area contributed by atoms with Gasteiger partial charge in [0, 0.05) is 11.3 Å². The molecule has 0 spiro atoms. The molecule has 29 heavy (non-hydrogen) atoms. The first-order chi connectivity index (χ1) is 14.1. The fourth-order valence-electron chi connectivity index (χ4n) is 2.88. The standard InChI is InChI=1S/C23H17N3O3/c1-15-4-2-3-5-20(15)28-14-22(27)25-18-9-7-17(8-10-18)23-26-19-12-16(13-24)6-11-21(19)29-23/h2-12H,14H2,1H3,(H,25,27). The Balaban J connectivity index is 1.42. The van der Waals surface area contributed by atoms with Gasteiger partial charge in [-0.15, -0.1) is 0 Å². The number of hydrogen-bond acceptors (Lipinski definition) is 5. The summed E-state index contributed by atoms with van der Waals surface area (Å²) in [4.78, 5) is 16.6. The van der Waals surface area contributed by atoms with Crippen molar-refractivity contribution in [3.05, 3.63) is 77.9 Å². The fourth-order valence-corrected chi connectivity index (χ4v) is 2.88. The van der Waals surface area contributed by atoms with Crippen LogP contribution in [0.2, 0.25) is 0 Å². The van der Waals surface area contributed by atoms with Gasteiger partial charge in [-0.05, 0) is 61.0 Å². The topological polar surface area (TPSA) is 88.1 Å². The number of anilines is 1. The van der Waals surface area contributed by atoms with Crippen LogP contribution in [0.4, 0.5) is 5.69 Å². The van der Waals surface area contributed by atoms with Gasteiger partial charge in [0.15, 0.2) is 12.2 Å². The molecule has 6 heteroatoms. The van der Waals surface area contributed by atoms with E-state index in [2.05, 4.69) is 16.4 Å². The predicted molar refractivity (Wildman–Crippen MR) is 109 cm³/mol. The van der Waals surface area contributed by atoms with Gasteiger partial charge in [-0.1, -0.05) is 18.2 Å². The number of hydrogen-bond donors (Lipinski definition) is 1. The highest BCUT2D eigenvalue weighted by Gasteiger charge is 2.10. The molecular weight excluding hydrogens is 366 g/mol. The van der Waals surface area contributed by atoms with E-state index in [0.29, 0.717) is 34.0 Å². The molecule has 1 amide bonds. The number of carbonyl (C=O) groups excluding carboxylic acids is 1. The van der Waals surface area contributed by atoms with Crippen molar-refractivity contribution in [1.82, 2.24) is 4.98 Å². The lowest BCUT2D eigenvalue weighted by Crippen LogP contribution is -2.20. The van der Waals surface area contributed by atoms with Gasteiger partial charge in [0.1, 0.15) is 11.3 Å². The van der Waals surface area contributed by atoms with Gasteiger partial charge >= 0.3 is 0 Å². The van der Waals surface area contributed by atoms with E-state index in [-0.39, 0.29) is 12.5 Å². The second-order valence-electron chi connectivity index (χ2n) is 6.49. The van der Waals surface area contributed by atoms with Crippen molar-refractivity contribution in [2.24, 2.45) is 0 Å². The van der Waals surface area contributed by atoms with Gasteiger partial charge in [0.25, 0.3) is 5.91 Å². The highest BCUT2D eigenvalue weighted by atomic mass is 16.5. The van der Waals surface area contributed by atoms with E-state index in [1.165, 1.54) is 0 Å². The minimum Gasteiger partial charge on any atom is -0.483 e. The summed E-state index contributed by atoms with van der Waals surface area (Å²) in [6, 6.07) is 21.9. The number of para-hydroxylation sites is 1. The molecule has 4 rings (SSSR count). The number of nitrogens with zero attached hydrogens (tertiary/aromatic N) is 2. The molecule has 0 aliphatic carbocycles. The number of ether oxygens (including phenoxy) is 1. The molecule has 0 fully saturated rings. The summed E-state index contributed by atoms with van der Waals surface area (Å²) in [6.07, 6.45) is 0. The van der Waals surface area contributed by atoms with Crippen molar-refractivity contribution in [2.75, 3.05) is 11.9 Å². The average Bonchev–Trinajstić information content (AvgIpc) is 3.17. The Labute approximate surface area is 167 Å². The monoisotopic (exact) mass is 383 g/mol. The summed E-state index contributed by atoms with van der Waals surface area (Å²) < 4.78 is 11.3. The average molecular weight is 383 g/mol. The molecule has 142 valence electrons. The molecule has 1 N–H and O–H groups in total. The maximum Gasteiger partial charge on any atom is 0.262 e. The van der Waals surface area contributed by atoms with Crippen molar-refractivity contribution >= 4 is 22.7 Å². The third-order valence-corrected chi connectivity index (χ3v) is 4.38. The zero-order valence-corrected chi connectivity index (χ0v) is 15.7. The number of nitriles is 1. The minimum absolute atomic E-state index is 0.0705. The van der Waals surface area contributed by atoms with E-state index < -0.39 is 0 Å². The van der Waals surface area contributed by atoms with Crippen molar-refractivity contribution in [3.63, 3.8) is 0 Å². The van der Waals surface area contributed by atoms with Crippen molar-refractivity contribution in [3.8, 4) is 23.3 Å². The number of aromatic nitrogens is 1. The van der Waals surface area contributed by atoms with Crippen LogP contribution in [0.3, 0.4) is 0 Å². The number of benzene rings is 3. The van der Waals surface area contributed by atoms with Crippen LogP contribution < -0.4 is 10.1 Å². The Kier molecular flexibility index (Phi) is 4.95. The maximum atomic E-state index is 12.1. The molecule has 0 atom stereocenters. The summed E-state index contributed by atoms with van der Waals surface area (Å²) >= 11 is 0. The molecule has 3 aromatic carbocycles. The highest BCUT2D eigenvalue weighted by Crippen LogP contribution is 2.26.